The average molecular weight is 403 g/mol. The van der Waals surface area contributed by atoms with Crippen LogP contribution in [0.15, 0.2) is 48.8 Å². The van der Waals surface area contributed by atoms with Gasteiger partial charge in [0.15, 0.2) is 0 Å². The third-order valence-electron chi connectivity index (χ3n) is 5.40. The van der Waals surface area contributed by atoms with Crippen molar-refractivity contribution in [3.63, 3.8) is 0 Å². The fourth-order valence-corrected chi connectivity index (χ4v) is 3.89. The molecule has 1 aromatic carbocycles. The molecule has 1 fully saturated rings. The third kappa shape index (κ3) is 3.35. The first kappa shape index (κ1) is 18.5. The molecule has 8 heteroatoms. The lowest BCUT2D eigenvalue weighted by Gasteiger charge is -2.28. The molecule has 0 bridgehead atoms. The molecule has 4 heterocycles. The minimum absolute atomic E-state index is 0.107. The van der Waals surface area contributed by atoms with Gasteiger partial charge in [0, 0.05) is 48.7 Å². The number of hydrogen-bond donors (Lipinski definition) is 1. The Bertz CT molecular complexity index is 1080. The third-order valence-corrected chi connectivity index (χ3v) is 5.40. The number of rotatable bonds is 3. The Hall–Kier alpha value is -3.52. The van der Waals surface area contributed by atoms with E-state index in [9.17, 15) is 9.90 Å². The van der Waals surface area contributed by atoms with Gasteiger partial charge in [-0.1, -0.05) is 12.1 Å². The Morgan fingerprint density at radius 3 is 2.60 bits per heavy atom. The zero-order chi connectivity index (χ0) is 20.5. The Labute approximate surface area is 173 Å². The smallest absolute Gasteiger partial charge is 0.259 e. The van der Waals surface area contributed by atoms with E-state index >= 15 is 0 Å². The first-order chi connectivity index (χ1) is 14.7. The van der Waals surface area contributed by atoms with Crippen LogP contribution in [0.3, 0.4) is 0 Å². The van der Waals surface area contributed by atoms with E-state index in [4.69, 9.17) is 14.7 Å². The van der Waals surface area contributed by atoms with Crippen LogP contribution in [0.1, 0.15) is 15.9 Å². The van der Waals surface area contributed by atoms with Crippen LogP contribution in [0.4, 0.5) is 11.8 Å². The van der Waals surface area contributed by atoms with Crippen molar-refractivity contribution in [1.29, 1.82) is 0 Å². The van der Waals surface area contributed by atoms with E-state index in [0.29, 0.717) is 56.6 Å². The Morgan fingerprint density at radius 2 is 1.83 bits per heavy atom. The molecule has 152 valence electrons. The van der Waals surface area contributed by atoms with Crippen LogP contribution in [0.25, 0.3) is 11.3 Å². The number of phenols is 1. The van der Waals surface area contributed by atoms with Gasteiger partial charge in [0.25, 0.3) is 5.91 Å². The molecule has 1 amide bonds. The number of pyridine rings is 1. The van der Waals surface area contributed by atoms with E-state index in [1.807, 2.05) is 6.07 Å². The van der Waals surface area contributed by atoms with Crippen molar-refractivity contribution in [2.75, 3.05) is 42.6 Å². The van der Waals surface area contributed by atoms with Gasteiger partial charge in [0.2, 0.25) is 5.95 Å². The standard InChI is InChI=1S/C22H21N5O3/c28-17-3-1-2-16(14-17)19-18-6-9-27(21(29)15-4-7-23-8-5-15)20(18)25-22(24-19)26-10-12-30-13-11-26/h1-5,7-8,14,28H,6,9-13H2. The monoisotopic (exact) mass is 403 g/mol. The van der Waals surface area contributed by atoms with Crippen molar-refractivity contribution in [3.8, 4) is 17.0 Å². The Morgan fingerprint density at radius 1 is 1.03 bits per heavy atom. The topological polar surface area (TPSA) is 91.7 Å². The molecular formula is C22H21N5O3. The molecule has 0 aliphatic carbocycles. The van der Waals surface area contributed by atoms with Gasteiger partial charge in [-0.15, -0.1) is 0 Å². The van der Waals surface area contributed by atoms with Crippen LogP contribution in [0, 0.1) is 0 Å². The summed E-state index contributed by atoms with van der Waals surface area (Å²) in [4.78, 5) is 30.6. The first-order valence-electron chi connectivity index (χ1n) is 9.95. The van der Waals surface area contributed by atoms with E-state index in [2.05, 4.69) is 9.88 Å². The van der Waals surface area contributed by atoms with Gasteiger partial charge in [-0.05, 0) is 30.7 Å². The molecule has 30 heavy (non-hydrogen) atoms. The first-order valence-corrected chi connectivity index (χ1v) is 9.95. The highest BCUT2D eigenvalue weighted by molar-refractivity contribution is 6.07. The number of carbonyl (C=O) groups excluding carboxylic acids is 1. The number of fused-ring (bicyclic) bond motifs is 1. The van der Waals surface area contributed by atoms with E-state index in [1.165, 1.54) is 0 Å². The van der Waals surface area contributed by atoms with Crippen molar-refractivity contribution in [2.45, 2.75) is 6.42 Å². The van der Waals surface area contributed by atoms with E-state index < -0.39 is 0 Å². The van der Waals surface area contributed by atoms with Crippen molar-refractivity contribution >= 4 is 17.7 Å². The summed E-state index contributed by atoms with van der Waals surface area (Å²) in [6, 6.07) is 10.5. The summed E-state index contributed by atoms with van der Waals surface area (Å²) in [6.07, 6.45) is 3.88. The lowest BCUT2D eigenvalue weighted by Crippen LogP contribution is -2.38. The lowest BCUT2D eigenvalue weighted by atomic mass is 10.1. The summed E-state index contributed by atoms with van der Waals surface area (Å²) in [5.74, 6) is 1.27. The highest BCUT2D eigenvalue weighted by Gasteiger charge is 2.32. The fraction of sp³-hybridized carbons (Fsp3) is 0.273. The minimum Gasteiger partial charge on any atom is -0.508 e. The van der Waals surface area contributed by atoms with Gasteiger partial charge in [0.05, 0.1) is 18.9 Å². The number of ether oxygens (including phenoxy) is 1. The molecule has 2 aliphatic rings. The van der Waals surface area contributed by atoms with Crippen molar-refractivity contribution in [2.24, 2.45) is 0 Å². The largest absolute Gasteiger partial charge is 0.508 e. The van der Waals surface area contributed by atoms with Crippen LogP contribution in [0.5, 0.6) is 5.75 Å². The number of nitrogens with zero attached hydrogens (tertiary/aromatic N) is 5. The van der Waals surface area contributed by atoms with Gasteiger partial charge in [0.1, 0.15) is 11.6 Å². The van der Waals surface area contributed by atoms with E-state index in [1.54, 1.807) is 47.6 Å². The second kappa shape index (κ2) is 7.72. The summed E-state index contributed by atoms with van der Waals surface area (Å²) < 4.78 is 5.46. The number of benzene rings is 1. The van der Waals surface area contributed by atoms with Gasteiger partial charge >= 0.3 is 0 Å². The average Bonchev–Trinajstić information content (AvgIpc) is 3.23. The molecule has 0 radical (unpaired) electrons. The normalized spacial score (nSPS) is 15.9. The molecule has 5 rings (SSSR count). The molecule has 3 aromatic rings. The molecule has 1 saturated heterocycles. The zero-order valence-corrected chi connectivity index (χ0v) is 16.4. The van der Waals surface area contributed by atoms with E-state index in [0.717, 1.165) is 16.8 Å². The predicted molar refractivity (Wildman–Crippen MR) is 112 cm³/mol. The molecular weight excluding hydrogens is 382 g/mol. The maximum absolute atomic E-state index is 13.2. The highest BCUT2D eigenvalue weighted by Crippen LogP contribution is 2.37. The van der Waals surface area contributed by atoms with Crippen LogP contribution >= 0.6 is 0 Å². The van der Waals surface area contributed by atoms with E-state index in [-0.39, 0.29) is 11.7 Å². The molecule has 2 aliphatic heterocycles. The SMILES string of the molecule is O=C(c1ccncc1)N1CCc2c(-c3cccc(O)c3)nc(N3CCOCC3)nc21. The van der Waals surface area contributed by atoms with Crippen LogP contribution in [0.2, 0.25) is 0 Å². The maximum Gasteiger partial charge on any atom is 0.259 e. The number of aromatic hydroxyl groups is 1. The number of carbonyl (C=O) groups is 1. The molecule has 0 saturated carbocycles. The number of phenolic OH excluding ortho intramolecular Hbond substituents is 1. The Kier molecular flexibility index (Phi) is 4.76. The van der Waals surface area contributed by atoms with Crippen molar-refractivity contribution < 1.29 is 14.6 Å². The summed E-state index contributed by atoms with van der Waals surface area (Å²) in [5.41, 5.74) is 3.05. The van der Waals surface area contributed by atoms with Crippen LogP contribution in [-0.4, -0.2) is 58.8 Å². The molecule has 1 N–H and O–H groups in total. The summed E-state index contributed by atoms with van der Waals surface area (Å²) in [7, 11) is 0. The zero-order valence-electron chi connectivity index (χ0n) is 16.4. The second-order valence-corrected chi connectivity index (χ2v) is 7.27. The fourth-order valence-electron chi connectivity index (χ4n) is 3.89. The minimum atomic E-state index is -0.107. The molecule has 8 nitrogen and oxygen atoms in total. The van der Waals surface area contributed by atoms with Crippen molar-refractivity contribution in [3.05, 3.63) is 59.9 Å². The summed E-state index contributed by atoms with van der Waals surface area (Å²) >= 11 is 0. The predicted octanol–water partition coefficient (Wildman–Crippen LogP) is 2.28. The number of morpholine rings is 1. The summed E-state index contributed by atoms with van der Waals surface area (Å²) in [5, 5.41) is 9.99. The number of hydrogen-bond acceptors (Lipinski definition) is 7. The van der Waals surface area contributed by atoms with Gasteiger partial charge in [-0.2, -0.15) is 4.98 Å². The van der Waals surface area contributed by atoms with Gasteiger partial charge in [-0.25, -0.2) is 4.98 Å². The Balaban J connectivity index is 1.62. The summed E-state index contributed by atoms with van der Waals surface area (Å²) in [6.45, 7) is 3.14. The number of aromatic nitrogens is 3. The quantitative estimate of drug-likeness (QED) is 0.717. The molecule has 2 aromatic heterocycles. The van der Waals surface area contributed by atoms with Gasteiger partial charge < -0.3 is 14.7 Å². The van der Waals surface area contributed by atoms with Gasteiger partial charge in [-0.3, -0.25) is 14.7 Å². The molecule has 0 unspecified atom stereocenters. The lowest BCUT2D eigenvalue weighted by molar-refractivity contribution is 0.0988. The molecule has 0 spiro atoms. The number of anilines is 2. The maximum atomic E-state index is 13.2. The molecule has 0 atom stereocenters. The van der Waals surface area contributed by atoms with Crippen molar-refractivity contribution in [1.82, 2.24) is 15.0 Å². The number of amides is 1. The second-order valence-electron chi connectivity index (χ2n) is 7.27. The van der Waals surface area contributed by atoms with Crippen LogP contribution < -0.4 is 9.80 Å². The highest BCUT2D eigenvalue weighted by atomic mass is 16.5. The van der Waals surface area contributed by atoms with Crippen LogP contribution in [-0.2, 0) is 11.2 Å².